The Hall–Kier alpha value is -6.20. The van der Waals surface area contributed by atoms with E-state index in [-0.39, 0.29) is 0 Å². The van der Waals surface area contributed by atoms with Gasteiger partial charge in [-0.1, -0.05) is 120 Å². The van der Waals surface area contributed by atoms with Crippen LogP contribution < -0.4 is 0 Å². The third kappa shape index (κ3) is 5.07. The van der Waals surface area contributed by atoms with E-state index in [2.05, 4.69) is 124 Å². The molecule has 0 saturated carbocycles. The molecular weight excluding hydrogens is 679 g/mol. The minimum Gasteiger partial charge on any atom is -0.309 e. The number of halogens is 2. The predicted molar refractivity (Wildman–Crippen MR) is 217 cm³/mol. The Kier molecular flexibility index (Phi) is 7.20. The van der Waals surface area contributed by atoms with Crippen molar-refractivity contribution in [2.24, 2.45) is 0 Å². The maximum absolute atomic E-state index is 6.29. The van der Waals surface area contributed by atoms with Gasteiger partial charge in [0.05, 0.1) is 33.5 Å². The molecule has 3 aromatic heterocycles. The number of hydrogen-bond acceptors (Lipinski definition) is 2. The molecule has 0 N–H and O–H groups in total. The lowest BCUT2D eigenvalue weighted by Gasteiger charge is -2.12. The van der Waals surface area contributed by atoms with Crippen LogP contribution in [-0.4, -0.2) is 19.1 Å². The van der Waals surface area contributed by atoms with Crippen LogP contribution in [0, 0.1) is 0 Å². The molecule has 0 amide bonds. The van der Waals surface area contributed by atoms with Crippen LogP contribution in [0.2, 0.25) is 10.0 Å². The number of aromatic nitrogens is 4. The first-order valence-electron chi connectivity index (χ1n) is 17.1. The molecule has 0 spiro atoms. The zero-order valence-corrected chi connectivity index (χ0v) is 29.2. The fourth-order valence-electron chi connectivity index (χ4n) is 7.44. The van der Waals surface area contributed by atoms with Gasteiger partial charge in [-0.25, -0.2) is 9.97 Å². The van der Waals surface area contributed by atoms with Gasteiger partial charge in [0.1, 0.15) is 0 Å². The molecule has 0 aliphatic heterocycles. The number of nitrogens with zero attached hydrogens (tertiary/aromatic N) is 4. The van der Waals surface area contributed by atoms with E-state index in [9.17, 15) is 0 Å². The van der Waals surface area contributed by atoms with Crippen molar-refractivity contribution in [3.05, 3.63) is 180 Å². The Balaban J connectivity index is 1.20. The van der Waals surface area contributed by atoms with Gasteiger partial charge in [-0.15, -0.1) is 0 Å². The van der Waals surface area contributed by atoms with Crippen molar-refractivity contribution in [3.8, 4) is 45.3 Å². The molecule has 0 unspecified atom stereocenters. The van der Waals surface area contributed by atoms with Gasteiger partial charge in [0.2, 0.25) is 5.95 Å². The lowest BCUT2D eigenvalue weighted by atomic mass is 10.0. The van der Waals surface area contributed by atoms with E-state index >= 15 is 0 Å². The second-order valence-corrected chi connectivity index (χ2v) is 13.8. The lowest BCUT2D eigenvalue weighted by Crippen LogP contribution is -2.04. The highest BCUT2D eigenvalue weighted by Gasteiger charge is 2.19. The van der Waals surface area contributed by atoms with Crippen LogP contribution in [0.3, 0.4) is 0 Å². The van der Waals surface area contributed by atoms with Crippen LogP contribution in [0.5, 0.6) is 0 Å². The average Bonchev–Trinajstić information content (AvgIpc) is 3.71. The van der Waals surface area contributed by atoms with Crippen molar-refractivity contribution >= 4 is 66.8 Å². The third-order valence-electron chi connectivity index (χ3n) is 9.89. The molecule has 0 bridgehead atoms. The van der Waals surface area contributed by atoms with Gasteiger partial charge < -0.3 is 4.57 Å². The molecule has 52 heavy (non-hydrogen) atoms. The number of rotatable bonds is 5. The van der Waals surface area contributed by atoms with Crippen LogP contribution in [0.15, 0.2) is 170 Å². The molecule has 0 aliphatic carbocycles. The summed E-state index contributed by atoms with van der Waals surface area (Å²) in [6, 6.07) is 58.7. The molecule has 7 aromatic carbocycles. The van der Waals surface area contributed by atoms with Gasteiger partial charge in [-0.2, -0.15) is 0 Å². The monoisotopic (exact) mass is 706 g/mol. The van der Waals surface area contributed by atoms with E-state index in [1.807, 2.05) is 54.6 Å². The quantitative estimate of drug-likeness (QED) is 0.179. The molecule has 0 fully saturated rings. The standard InChI is InChI=1S/C46H28Cl2N4/c47-33-20-14-29(15-21-33)40-28-41(30-16-22-34(48)23-17-30)50-46(49-40)52-43-13-7-4-10-36(43)38-24-18-32(27-45(38)52)31-19-25-44-39(26-31)37-11-5-6-12-42(37)51(44)35-8-2-1-3-9-35/h1-28H. The minimum absolute atomic E-state index is 0.585. The van der Waals surface area contributed by atoms with Gasteiger partial charge >= 0.3 is 0 Å². The maximum Gasteiger partial charge on any atom is 0.235 e. The van der Waals surface area contributed by atoms with E-state index < -0.39 is 0 Å². The van der Waals surface area contributed by atoms with Gasteiger partial charge in [0.15, 0.2) is 0 Å². The molecule has 0 saturated heterocycles. The largest absolute Gasteiger partial charge is 0.309 e. The van der Waals surface area contributed by atoms with Crippen LogP contribution in [0.4, 0.5) is 0 Å². The summed E-state index contributed by atoms with van der Waals surface area (Å²) in [5.41, 5.74) is 11.3. The second kappa shape index (κ2) is 12.2. The fourth-order valence-corrected chi connectivity index (χ4v) is 7.70. The van der Waals surface area contributed by atoms with Crippen LogP contribution in [0.25, 0.3) is 88.9 Å². The van der Waals surface area contributed by atoms with E-state index in [4.69, 9.17) is 33.2 Å². The van der Waals surface area contributed by atoms with Crippen LogP contribution in [-0.2, 0) is 0 Å². The van der Waals surface area contributed by atoms with Crippen molar-refractivity contribution in [1.29, 1.82) is 0 Å². The number of benzene rings is 7. The van der Waals surface area contributed by atoms with E-state index in [1.165, 1.54) is 21.8 Å². The van der Waals surface area contributed by atoms with Crippen LogP contribution >= 0.6 is 23.2 Å². The number of fused-ring (bicyclic) bond motifs is 6. The Morgan fingerprint density at radius 1 is 0.346 bits per heavy atom. The summed E-state index contributed by atoms with van der Waals surface area (Å²) in [6.07, 6.45) is 0. The van der Waals surface area contributed by atoms with Crippen molar-refractivity contribution in [3.63, 3.8) is 0 Å². The highest BCUT2D eigenvalue weighted by molar-refractivity contribution is 6.31. The number of para-hydroxylation sites is 3. The predicted octanol–water partition coefficient (Wildman–Crippen LogP) is 13.0. The first-order chi connectivity index (χ1) is 25.6. The summed E-state index contributed by atoms with van der Waals surface area (Å²) < 4.78 is 4.53. The highest BCUT2D eigenvalue weighted by atomic mass is 35.5. The Morgan fingerprint density at radius 2 is 0.827 bits per heavy atom. The molecule has 0 atom stereocenters. The average molecular weight is 708 g/mol. The van der Waals surface area contributed by atoms with Crippen LogP contribution in [0.1, 0.15) is 0 Å². The lowest BCUT2D eigenvalue weighted by molar-refractivity contribution is 0.996. The summed E-state index contributed by atoms with van der Waals surface area (Å²) in [7, 11) is 0. The zero-order valence-electron chi connectivity index (χ0n) is 27.7. The molecule has 6 heteroatoms. The molecule has 3 heterocycles. The normalized spacial score (nSPS) is 11.7. The van der Waals surface area contributed by atoms with Crippen molar-refractivity contribution < 1.29 is 0 Å². The summed E-state index contributed by atoms with van der Waals surface area (Å²) in [4.78, 5) is 10.4. The van der Waals surface area contributed by atoms with E-state index in [0.29, 0.717) is 16.0 Å². The summed E-state index contributed by atoms with van der Waals surface area (Å²) in [5, 5.41) is 6.06. The smallest absolute Gasteiger partial charge is 0.235 e. The number of hydrogen-bond donors (Lipinski definition) is 0. The van der Waals surface area contributed by atoms with Crippen molar-refractivity contribution in [2.75, 3.05) is 0 Å². The molecule has 0 radical (unpaired) electrons. The van der Waals surface area contributed by atoms with Gasteiger partial charge in [-0.3, -0.25) is 4.57 Å². The van der Waals surface area contributed by atoms with E-state index in [1.54, 1.807) is 0 Å². The molecule has 4 nitrogen and oxygen atoms in total. The topological polar surface area (TPSA) is 35.6 Å². The first-order valence-corrected chi connectivity index (χ1v) is 17.9. The SMILES string of the molecule is Clc1ccc(-c2cc(-c3ccc(Cl)cc3)nc(-n3c4ccccc4c4ccc(-c5ccc6c(c5)c5ccccc5n6-c5ccccc5)cc43)n2)cc1. The Bertz CT molecular complexity index is 2900. The van der Waals surface area contributed by atoms with Crippen molar-refractivity contribution in [2.45, 2.75) is 0 Å². The summed E-state index contributed by atoms with van der Waals surface area (Å²) >= 11 is 12.6. The minimum atomic E-state index is 0.585. The second-order valence-electron chi connectivity index (χ2n) is 13.0. The van der Waals surface area contributed by atoms with Gasteiger partial charge in [-0.05, 0) is 83.9 Å². The highest BCUT2D eigenvalue weighted by Crippen LogP contribution is 2.38. The molecule has 246 valence electrons. The third-order valence-corrected chi connectivity index (χ3v) is 10.4. The Labute approximate surface area is 309 Å². The Morgan fingerprint density at radius 3 is 1.48 bits per heavy atom. The summed E-state index contributed by atoms with van der Waals surface area (Å²) in [6.45, 7) is 0. The molecule has 0 aliphatic rings. The molecular formula is C46H28Cl2N4. The molecule has 10 aromatic rings. The summed E-state index contributed by atoms with van der Waals surface area (Å²) in [5.74, 6) is 0.585. The van der Waals surface area contributed by atoms with Gasteiger partial charge in [0, 0.05) is 48.4 Å². The van der Waals surface area contributed by atoms with E-state index in [0.717, 1.165) is 61.1 Å². The zero-order chi connectivity index (χ0) is 34.8. The maximum atomic E-state index is 6.29. The van der Waals surface area contributed by atoms with Crippen molar-refractivity contribution in [1.82, 2.24) is 19.1 Å². The molecule has 10 rings (SSSR count). The fraction of sp³-hybridized carbons (Fsp3) is 0. The van der Waals surface area contributed by atoms with Gasteiger partial charge in [0.25, 0.3) is 0 Å². The first kappa shape index (κ1) is 30.6.